The largest absolute Gasteiger partial charge is 0.390 e. The number of rotatable bonds is 6. The maximum Gasteiger partial charge on any atom is 0.256 e. The second-order valence-corrected chi connectivity index (χ2v) is 10.4. The molecule has 208 valence electrons. The SMILES string of the molecule is Cc1c(C=C2C(=O)Nc3cccc(-c4c(F)cccc4F)c32)[nH]c2c1C(=O)N(C[C@@H](O)CN1CCOCC1)CC2. The number of aromatic nitrogens is 1. The van der Waals surface area contributed by atoms with E-state index >= 15 is 0 Å². The van der Waals surface area contributed by atoms with Gasteiger partial charge in [0.15, 0.2) is 0 Å². The molecule has 3 N–H and O–H groups in total. The first-order valence-electron chi connectivity index (χ1n) is 13.4. The van der Waals surface area contributed by atoms with Crippen molar-refractivity contribution in [2.45, 2.75) is 19.4 Å². The first-order valence-corrected chi connectivity index (χ1v) is 13.4. The van der Waals surface area contributed by atoms with E-state index in [1.54, 1.807) is 29.2 Å². The van der Waals surface area contributed by atoms with Gasteiger partial charge in [0.1, 0.15) is 11.6 Å². The minimum Gasteiger partial charge on any atom is -0.390 e. The van der Waals surface area contributed by atoms with Gasteiger partial charge in [0, 0.05) is 61.8 Å². The molecule has 1 saturated heterocycles. The molecule has 0 aliphatic carbocycles. The van der Waals surface area contributed by atoms with Crippen LogP contribution in [-0.2, 0) is 16.0 Å². The van der Waals surface area contributed by atoms with Crippen LogP contribution in [0.1, 0.15) is 32.9 Å². The lowest BCUT2D eigenvalue weighted by Crippen LogP contribution is -2.47. The van der Waals surface area contributed by atoms with Gasteiger partial charge in [-0.3, -0.25) is 14.5 Å². The van der Waals surface area contributed by atoms with Crippen molar-refractivity contribution < 1.29 is 28.2 Å². The number of hydrogen-bond acceptors (Lipinski definition) is 5. The normalized spacial score (nSPS) is 19.1. The molecule has 3 aliphatic rings. The number of amides is 2. The summed E-state index contributed by atoms with van der Waals surface area (Å²) in [4.78, 5) is 33.6. The number of carbonyl (C=O) groups excluding carboxylic acids is 2. The number of nitrogens with zero attached hydrogens (tertiary/aromatic N) is 2. The number of aliphatic hydroxyl groups excluding tert-OH is 1. The quantitative estimate of drug-likeness (QED) is 0.410. The van der Waals surface area contributed by atoms with Crippen LogP contribution in [0.3, 0.4) is 0 Å². The number of β-amino-alcohol motifs (C(OH)–C–C–N with tert-alkyl or cyclic N) is 1. The maximum atomic E-state index is 14.7. The highest BCUT2D eigenvalue weighted by Crippen LogP contribution is 2.42. The zero-order valence-electron chi connectivity index (χ0n) is 22.1. The average Bonchev–Trinajstić information content (AvgIpc) is 3.42. The monoisotopic (exact) mass is 548 g/mol. The fourth-order valence-corrected chi connectivity index (χ4v) is 5.87. The molecular weight excluding hydrogens is 518 g/mol. The number of halogens is 2. The summed E-state index contributed by atoms with van der Waals surface area (Å²) in [5.74, 6) is -2.02. The fraction of sp³-hybridized carbons (Fsp3) is 0.333. The molecule has 1 fully saturated rings. The van der Waals surface area contributed by atoms with Gasteiger partial charge in [-0.1, -0.05) is 18.2 Å². The first kappa shape index (κ1) is 26.4. The van der Waals surface area contributed by atoms with Gasteiger partial charge in [-0.15, -0.1) is 0 Å². The number of hydrogen-bond donors (Lipinski definition) is 3. The van der Waals surface area contributed by atoms with Crippen LogP contribution in [-0.4, -0.2) is 83.7 Å². The average molecular weight is 549 g/mol. The van der Waals surface area contributed by atoms with Crippen molar-refractivity contribution in [3.63, 3.8) is 0 Å². The van der Waals surface area contributed by atoms with Gasteiger partial charge in [-0.2, -0.15) is 0 Å². The number of carbonyl (C=O) groups is 2. The van der Waals surface area contributed by atoms with Crippen molar-refractivity contribution in [2.24, 2.45) is 0 Å². The van der Waals surface area contributed by atoms with E-state index in [9.17, 15) is 23.5 Å². The van der Waals surface area contributed by atoms with Crippen LogP contribution in [0, 0.1) is 18.6 Å². The summed E-state index contributed by atoms with van der Waals surface area (Å²) >= 11 is 0. The number of ether oxygens (including phenoxy) is 1. The zero-order valence-corrected chi connectivity index (χ0v) is 22.1. The molecule has 6 rings (SSSR count). The second kappa shape index (κ2) is 10.6. The second-order valence-electron chi connectivity index (χ2n) is 10.4. The predicted octanol–water partition coefficient (Wildman–Crippen LogP) is 3.45. The van der Waals surface area contributed by atoms with Gasteiger partial charge in [0.2, 0.25) is 0 Å². The molecule has 0 unspecified atom stereocenters. The van der Waals surface area contributed by atoms with E-state index in [1.807, 2.05) is 6.92 Å². The van der Waals surface area contributed by atoms with Crippen molar-refractivity contribution in [3.05, 3.63) is 76.1 Å². The number of aromatic amines is 1. The van der Waals surface area contributed by atoms with Crippen LogP contribution in [0.2, 0.25) is 0 Å². The van der Waals surface area contributed by atoms with Gasteiger partial charge < -0.3 is 25.0 Å². The standard InChI is InChI=1S/C30H30F2N4O4/c1-17-25(33-24-8-9-36(30(39)26(17)24)16-18(37)15-35-10-12-40-13-11-35)14-20-27-19(4-2-7-23(27)34-29(20)38)28-21(31)5-3-6-22(28)32/h2-7,14,18,33,37H,8-13,15-16H2,1H3,(H,34,38)/t18-/m0/s1. The van der Waals surface area contributed by atoms with Crippen molar-refractivity contribution in [3.8, 4) is 11.1 Å². The van der Waals surface area contributed by atoms with E-state index in [-0.39, 0.29) is 29.2 Å². The van der Waals surface area contributed by atoms with Crippen LogP contribution in [0.5, 0.6) is 0 Å². The Morgan fingerprint density at radius 2 is 1.73 bits per heavy atom. The summed E-state index contributed by atoms with van der Waals surface area (Å²) in [5, 5.41) is 13.5. The molecule has 4 heterocycles. The van der Waals surface area contributed by atoms with E-state index in [1.165, 1.54) is 18.2 Å². The number of H-pyrrole nitrogens is 1. The molecule has 0 bridgehead atoms. The van der Waals surface area contributed by atoms with Gasteiger partial charge >= 0.3 is 0 Å². The van der Waals surface area contributed by atoms with Gasteiger partial charge in [-0.05, 0) is 42.3 Å². The Kier molecular flexibility index (Phi) is 6.99. The van der Waals surface area contributed by atoms with Crippen molar-refractivity contribution in [1.82, 2.24) is 14.8 Å². The zero-order chi connectivity index (χ0) is 28.0. The maximum absolute atomic E-state index is 14.7. The van der Waals surface area contributed by atoms with Gasteiger partial charge in [0.25, 0.3) is 11.8 Å². The Bertz CT molecular complexity index is 1510. The minimum atomic E-state index is -0.722. The Balaban J connectivity index is 1.30. The lowest BCUT2D eigenvalue weighted by Gasteiger charge is -2.32. The van der Waals surface area contributed by atoms with E-state index < -0.39 is 23.6 Å². The summed E-state index contributed by atoms with van der Waals surface area (Å²) in [5.41, 5.74) is 3.73. The fourth-order valence-electron chi connectivity index (χ4n) is 5.87. The minimum absolute atomic E-state index is 0.175. The van der Waals surface area contributed by atoms with E-state index in [4.69, 9.17) is 4.74 Å². The molecule has 8 nitrogen and oxygen atoms in total. The number of fused-ring (bicyclic) bond motifs is 2. The number of nitrogens with one attached hydrogen (secondary N) is 2. The van der Waals surface area contributed by atoms with Crippen LogP contribution >= 0.6 is 0 Å². The summed E-state index contributed by atoms with van der Waals surface area (Å²) < 4.78 is 34.8. The Morgan fingerprint density at radius 1 is 1.00 bits per heavy atom. The summed E-state index contributed by atoms with van der Waals surface area (Å²) in [6.45, 7) is 5.76. The van der Waals surface area contributed by atoms with Gasteiger partial charge in [0.05, 0.1) is 36.0 Å². The third-order valence-electron chi connectivity index (χ3n) is 7.85. The lowest BCUT2D eigenvalue weighted by molar-refractivity contribution is -0.110. The summed E-state index contributed by atoms with van der Waals surface area (Å²) in [6, 6.07) is 8.58. The van der Waals surface area contributed by atoms with Crippen LogP contribution in [0.4, 0.5) is 14.5 Å². The molecule has 3 aromatic rings. The third kappa shape index (κ3) is 4.72. The van der Waals surface area contributed by atoms with Crippen LogP contribution < -0.4 is 5.32 Å². The van der Waals surface area contributed by atoms with E-state index in [0.29, 0.717) is 60.8 Å². The number of anilines is 1. The molecule has 2 amide bonds. The molecule has 0 spiro atoms. The molecule has 1 aromatic heterocycles. The highest BCUT2D eigenvalue weighted by atomic mass is 19.1. The smallest absolute Gasteiger partial charge is 0.256 e. The molecule has 2 aromatic carbocycles. The van der Waals surface area contributed by atoms with Crippen molar-refractivity contribution in [2.75, 3.05) is 51.3 Å². The predicted molar refractivity (Wildman–Crippen MR) is 147 cm³/mol. The molecule has 1 atom stereocenters. The molecule has 40 heavy (non-hydrogen) atoms. The molecule has 0 saturated carbocycles. The first-order chi connectivity index (χ1) is 19.3. The van der Waals surface area contributed by atoms with E-state index in [0.717, 1.165) is 18.8 Å². The van der Waals surface area contributed by atoms with Crippen molar-refractivity contribution >= 4 is 29.2 Å². The topological polar surface area (TPSA) is 97.9 Å². The highest BCUT2D eigenvalue weighted by Gasteiger charge is 2.33. The molecule has 3 aliphatic heterocycles. The molecule has 0 radical (unpaired) electrons. The molecular formula is C30H30F2N4O4. The Morgan fingerprint density at radius 3 is 2.48 bits per heavy atom. The van der Waals surface area contributed by atoms with E-state index in [2.05, 4.69) is 15.2 Å². The number of benzene rings is 2. The summed E-state index contributed by atoms with van der Waals surface area (Å²) in [6.07, 6.45) is 1.53. The highest BCUT2D eigenvalue weighted by molar-refractivity contribution is 6.36. The van der Waals surface area contributed by atoms with Crippen LogP contribution in [0.25, 0.3) is 22.8 Å². The van der Waals surface area contributed by atoms with Crippen molar-refractivity contribution in [1.29, 1.82) is 0 Å². The Labute approximate surface area is 230 Å². The van der Waals surface area contributed by atoms with Crippen LogP contribution in [0.15, 0.2) is 36.4 Å². The lowest BCUT2D eigenvalue weighted by atomic mass is 9.93. The Hall–Kier alpha value is -3.86. The number of morpholine rings is 1. The number of aliphatic hydroxyl groups is 1. The summed E-state index contributed by atoms with van der Waals surface area (Å²) in [7, 11) is 0. The molecule has 10 heteroatoms. The third-order valence-corrected chi connectivity index (χ3v) is 7.85. The van der Waals surface area contributed by atoms with Gasteiger partial charge in [-0.25, -0.2) is 8.78 Å².